The molecule has 0 bridgehead atoms. The summed E-state index contributed by atoms with van der Waals surface area (Å²) in [5.74, 6) is -2.61. The van der Waals surface area contributed by atoms with Crippen LogP contribution in [-0.2, 0) is 14.4 Å². The van der Waals surface area contributed by atoms with Crippen LogP contribution in [0.3, 0.4) is 0 Å². The number of quaternary nitrogens is 1. The fourth-order valence-electron chi connectivity index (χ4n) is 5.95. The Kier molecular flexibility index (Phi) is 28.8. The summed E-state index contributed by atoms with van der Waals surface area (Å²) < 4.78 is 0.672. The van der Waals surface area contributed by atoms with E-state index in [-0.39, 0.29) is 19.3 Å². The second kappa shape index (κ2) is 30.1. The van der Waals surface area contributed by atoms with Gasteiger partial charge in [-0.3, -0.25) is 14.1 Å². The highest BCUT2D eigenvalue weighted by Crippen LogP contribution is 2.19. The van der Waals surface area contributed by atoms with E-state index in [9.17, 15) is 19.5 Å². The molecule has 0 aromatic heterocycles. The normalized spacial score (nSPS) is 11.8. The van der Waals surface area contributed by atoms with E-state index in [1.54, 1.807) is 0 Å². The third-order valence-corrected chi connectivity index (χ3v) is 8.62. The van der Waals surface area contributed by atoms with Crippen molar-refractivity contribution in [1.29, 1.82) is 0 Å². The number of carboxylic acid groups (broad SMARTS) is 3. The van der Waals surface area contributed by atoms with E-state index in [2.05, 4.69) is 19.2 Å². The fourth-order valence-corrected chi connectivity index (χ4v) is 5.95. The molecule has 0 amide bonds. The van der Waals surface area contributed by atoms with E-state index in [4.69, 9.17) is 10.2 Å². The first kappa shape index (κ1) is 41.1. The summed E-state index contributed by atoms with van der Waals surface area (Å²) in [5.41, 5.74) is 0. The standard InChI is InChI=1S/C36H67NO6/c1-2-3-4-5-6-7-8-9-10-11-12-13-14-15-16-17-18-19-23-30-37(31-24-20-27-34(38)39,32-25-21-28-35(40)41)33-26-22-29-36(42)43/h23,30H,2-22,24-29,31-33H2,1H3,(H2-,38,39,40,41,42,43)/b30-23+. The Hall–Kier alpha value is -1.89. The van der Waals surface area contributed by atoms with Crippen molar-refractivity contribution >= 4 is 17.9 Å². The Bertz CT molecular complexity index is 653. The number of aliphatic carboxylic acids is 3. The van der Waals surface area contributed by atoms with Crippen LogP contribution in [0, 0.1) is 0 Å². The van der Waals surface area contributed by atoms with Crippen molar-refractivity contribution in [3.05, 3.63) is 12.3 Å². The van der Waals surface area contributed by atoms with Gasteiger partial charge in [0.05, 0.1) is 25.8 Å². The largest absolute Gasteiger partial charge is 0.550 e. The molecular weight excluding hydrogens is 542 g/mol. The van der Waals surface area contributed by atoms with Crippen molar-refractivity contribution in [2.75, 3.05) is 19.6 Å². The maximum atomic E-state index is 11.0. The molecule has 0 fully saturated rings. The summed E-state index contributed by atoms with van der Waals surface area (Å²) in [6, 6.07) is 0. The minimum Gasteiger partial charge on any atom is -0.550 e. The number of carbonyl (C=O) groups is 3. The quantitative estimate of drug-likeness (QED) is 0.0556. The summed E-state index contributed by atoms with van der Waals surface area (Å²) in [5, 5.41) is 29.0. The fraction of sp³-hybridized carbons (Fsp3) is 0.861. The molecule has 0 aromatic rings. The number of carboxylic acids is 3. The zero-order valence-electron chi connectivity index (χ0n) is 27.8. The third-order valence-electron chi connectivity index (χ3n) is 8.62. The van der Waals surface area contributed by atoms with E-state index in [1.807, 2.05) is 0 Å². The molecule has 2 N–H and O–H groups in total. The monoisotopic (exact) mass is 609 g/mol. The van der Waals surface area contributed by atoms with Crippen molar-refractivity contribution < 1.29 is 34.2 Å². The Morgan fingerprint density at radius 3 is 1.21 bits per heavy atom. The van der Waals surface area contributed by atoms with E-state index in [1.165, 1.54) is 103 Å². The maximum absolute atomic E-state index is 11.0. The van der Waals surface area contributed by atoms with Crippen LogP contribution in [0.5, 0.6) is 0 Å². The first-order valence-electron chi connectivity index (χ1n) is 18.0. The van der Waals surface area contributed by atoms with Crippen LogP contribution in [0.15, 0.2) is 12.3 Å². The average Bonchev–Trinajstić information content (AvgIpc) is 2.96. The highest BCUT2D eigenvalue weighted by Gasteiger charge is 2.24. The molecule has 0 saturated heterocycles. The van der Waals surface area contributed by atoms with Crippen LogP contribution in [0.2, 0.25) is 0 Å². The van der Waals surface area contributed by atoms with Gasteiger partial charge in [-0.1, -0.05) is 110 Å². The number of hydrogen-bond donors (Lipinski definition) is 2. The van der Waals surface area contributed by atoms with Gasteiger partial charge in [-0.05, 0) is 63.9 Å². The summed E-state index contributed by atoms with van der Waals surface area (Å²) >= 11 is 0. The van der Waals surface area contributed by atoms with Crippen LogP contribution in [0.25, 0.3) is 0 Å². The molecule has 0 aliphatic heterocycles. The van der Waals surface area contributed by atoms with Crippen LogP contribution >= 0.6 is 0 Å². The lowest BCUT2D eigenvalue weighted by molar-refractivity contribution is -0.880. The SMILES string of the molecule is CCCCCCCCCCCCCCCCCCC/C=C/[N+](CCCCC(=O)[O-])(CCCCC(=O)O)CCCCC(=O)O. The van der Waals surface area contributed by atoms with Gasteiger partial charge in [0.2, 0.25) is 0 Å². The molecule has 0 saturated carbocycles. The van der Waals surface area contributed by atoms with Crippen LogP contribution < -0.4 is 5.11 Å². The predicted octanol–water partition coefficient (Wildman–Crippen LogP) is 8.79. The molecule has 0 heterocycles. The Labute approximate surface area is 264 Å². The lowest BCUT2D eigenvalue weighted by Crippen LogP contribution is -2.45. The predicted molar refractivity (Wildman–Crippen MR) is 175 cm³/mol. The molecule has 0 aliphatic carbocycles. The van der Waals surface area contributed by atoms with Crippen LogP contribution in [0.4, 0.5) is 0 Å². The third kappa shape index (κ3) is 29.9. The molecule has 0 unspecified atom stereocenters. The van der Waals surface area contributed by atoms with E-state index >= 15 is 0 Å². The zero-order valence-corrected chi connectivity index (χ0v) is 27.8. The molecule has 43 heavy (non-hydrogen) atoms. The summed E-state index contributed by atoms with van der Waals surface area (Å²) in [6.07, 6.45) is 32.9. The lowest BCUT2D eigenvalue weighted by Gasteiger charge is -2.35. The Morgan fingerprint density at radius 1 is 0.512 bits per heavy atom. The number of nitrogens with zero attached hydrogens (tertiary/aromatic N) is 1. The minimum absolute atomic E-state index is 0.0427. The van der Waals surface area contributed by atoms with E-state index in [0.717, 1.165) is 51.7 Å². The number of carbonyl (C=O) groups excluding carboxylic acids is 1. The van der Waals surface area contributed by atoms with Crippen LogP contribution in [-0.4, -0.2) is 52.2 Å². The lowest BCUT2D eigenvalue weighted by atomic mass is 10.0. The molecule has 0 aliphatic rings. The molecule has 0 spiro atoms. The Morgan fingerprint density at radius 2 is 0.860 bits per heavy atom. The minimum atomic E-state index is -1.03. The van der Waals surface area contributed by atoms with Gasteiger partial charge < -0.3 is 20.1 Å². The highest BCUT2D eigenvalue weighted by atomic mass is 16.4. The molecule has 0 radical (unpaired) electrons. The molecule has 0 rings (SSSR count). The molecule has 7 nitrogen and oxygen atoms in total. The maximum Gasteiger partial charge on any atom is 0.303 e. The van der Waals surface area contributed by atoms with Crippen molar-refractivity contribution in [2.24, 2.45) is 0 Å². The first-order valence-corrected chi connectivity index (χ1v) is 18.0. The van der Waals surface area contributed by atoms with E-state index in [0.29, 0.717) is 23.7 Å². The van der Waals surface area contributed by atoms with Crippen molar-refractivity contribution in [3.8, 4) is 0 Å². The van der Waals surface area contributed by atoms with Gasteiger partial charge in [0, 0.05) is 18.8 Å². The van der Waals surface area contributed by atoms with Crippen molar-refractivity contribution in [1.82, 2.24) is 0 Å². The van der Waals surface area contributed by atoms with Gasteiger partial charge in [-0.25, -0.2) is 0 Å². The van der Waals surface area contributed by atoms with Crippen LogP contribution in [0.1, 0.15) is 180 Å². The van der Waals surface area contributed by atoms with Gasteiger partial charge >= 0.3 is 11.9 Å². The van der Waals surface area contributed by atoms with Gasteiger partial charge in [0.25, 0.3) is 0 Å². The van der Waals surface area contributed by atoms with Gasteiger partial charge in [-0.2, -0.15) is 0 Å². The first-order chi connectivity index (χ1) is 20.8. The summed E-state index contributed by atoms with van der Waals surface area (Å²) in [6.45, 7) is 4.64. The van der Waals surface area contributed by atoms with E-state index < -0.39 is 17.9 Å². The van der Waals surface area contributed by atoms with Crippen molar-refractivity contribution in [3.63, 3.8) is 0 Å². The molecule has 0 atom stereocenters. The smallest absolute Gasteiger partial charge is 0.303 e. The topological polar surface area (TPSA) is 115 Å². The summed E-state index contributed by atoms with van der Waals surface area (Å²) in [4.78, 5) is 32.9. The number of unbranched alkanes of at least 4 members (excludes halogenated alkanes) is 20. The second-order valence-electron chi connectivity index (χ2n) is 12.8. The average molecular weight is 610 g/mol. The second-order valence-corrected chi connectivity index (χ2v) is 12.8. The highest BCUT2D eigenvalue weighted by molar-refractivity contribution is 5.66. The molecule has 252 valence electrons. The zero-order chi connectivity index (χ0) is 31.9. The molecular formula is C36H67NO6. The van der Waals surface area contributed by atoms with Gasteiger partial charge in [-0.15, -0.1) is 0 Å². The summed E-state index contributed by atoms with van der Waals surface area (Å²) in [7, 11) is 0. The number of allylic oxidation sites excluding steroid dienone is 1. The number of hydrogen-bond acceptors (Lipinski definition) is 4. The molecule has 7 heteroatoms. The molecule has 0 aromatic carbocycles. The van der Waals surface area contributed by atoms with Gasteiger partial charge in [0.1, 0.15) is 0 Å². The Balaban J connectivity index is 4.35. The van der Waals surface area contributed by atoms with Gasteiger partial charge in [0.15, 0.2) is 0 Å². The number of rotatable bonds is 34. The van der Waals surface area contributed by atoms with Crippen molar-refractivity contribution in [2.45, 2.75) is 180 Å².